The van der Waals surface area contributed by atoms with Crippen molar-refractivity contribution in [2.45, 2.75) is 31.5 Å². The normalized spacial score (nSPS) is 23.0. The first kappa shape index (κ1) is 13.3. The average Bonchev–Trinajstić information content (AvgIpc) is 2.62. The van der Waals surface area contributed by atoms with E-state index in [4.69, 9.17) is 13.3 Å². The molecular weight excluding hydrogens is 226 g/mol. The zero-order valence-corrected chi connectivity index (χ0v) is 12.9. The van der Waals surface area contributed by atoms with Gasteiger partial charge in [-0.05, 0) is 26.8 Å². The summed E-state index contributed by atoms with van der Waals surface area (Å²) in [6.45, 7) is 5.57. The Balaban J connectivity index is 2.83. The predicted octanol–water partition coefficient (Wildman–Crippen LogP) is 0.390. The Labute approximate surface area is 96.2 Å². The summed E-state index contributed by atoms with van der Waals surface area (Å²) >= 11 is 0. The van der Waals surface area contributed by atoms with Crippen molar-refractivity contribution in [1.29, 1.82) is 0 Å². The molecule has 0 bridgehead atoms. The highest BCUT2D eigenvalue weighted by atomic mass is 28.4. The van der Waals surface area contributed by atoms with Gasteiger partial charge >= 0.3 is 8.72 Å². The fourth-order valence-electron chi connectivity index (χ4n) is 2.47. The predicted molar refractivity (Wildman–Crippen MR) is 65.5 cm³/mol. The molecule has 1 fully saturated rings. The number of hydrogen-bond donors (Lipinski definition) is 0. The third-order valence-corrected chi connectivity index (χ3v) is 8.76. The first-order valence-corrected chi connectivity index (χ1v) is 8.65. The lowest BCUT2D eigenvalue weighted by atomic mass is 10.3. The van der Waals surface area contributed by atoms with Crippen molar-refractivity contribution in [2.24, 2.45) is 0 Å². The highest BCUT2D eigenvalue weighted by Gasteiger charge is 2.53. The van der Waals surface area contributed by atoms with Crippen LogP contribution >= 0.6 is 0 Å². The molecule has 4 nitrogen and oxygen atoms in total. The second-order valence-electron chi connectivity index (χ2n) is 4.62. The molecule has 6 heteroatoms. The van der Waals surface area contributed by atoms with Gasteiger partial charge in [0, 0.05) is 32.5 Å². The van der Waals surface area contributed by atoms with Crippen LogP contribution < -0.4 is 0 Å². The minimum Gasteiger partial charge on any atom is -0.425 e. The van der Waals surface area contributed by atoms with Gasteiger partial charge in [-0.2, -0.15) is 0 Å². The molecule has 0 aromatic carbocycles. The van der Waals surface area contributed by atoms with Gasteiger partial charge in [0.15, 0.2) is 9.76 Å². The number of nitrogens with zero attached hydrogens (tertiary/aromatic N) is 1. The van der Waals surface area contributed by atoms with E-state index in [-0.39, 0.29) is 5.16 Å². The van der Waals surface area contributed by atoms with Gasteiger partial charge in [-0.1, -0.05) is 0 Å². The lowest BCUT2D eigenvalue weighted by Gasteiger charge is -2.42. The van der Waals surface area contributed by atoms with E-state index >= 15 is 0 Å². The van der Waals surface area contributed by atoms with Gasteiger partial charge in [0.05, 0.1) is 0 Å². The van der Waals surface area contributed by atoms with Gasteiger partial charge < -0.3 is 13.3 Å². The van der Waals surface area contributed by atoms with E-state index in [1.54, 1.807) is 21.3 Å². The SMILES string of the molecule is CO[SiH2]C(C)(C)N1CCC[Si]1(OC)OC. The number of rotatable bonds is 5. The van der Waals surface area contributed by atoms with Crippen molar-refractivity contribution in [3.8, 4) is 0 Å². The van der Waals surface area contributed by atoms with Crippen molar-refractivity contribution < 1.29 is 13.3 Å². The number of hydrogen-bond acceptors (Lipinski definition) is 4. The van der Waals surface area contributed by atoms with Crippen LogP contribution in [0.5, 0.6) is 0 Å². The van der Waals surface area contributed by atoms with Crippen LogP contribution in [0, 0.1) is 0 Å². The van der Waals surface area contributed by atoms with Crippen LogP contribution in [0.2, 0.25) is 6.04 Å². The van der Waals surface area contributed by atoms with Crippen LogP contribution in [0.25, 0.3) is 0 Å². The van der Waals surface area contributed by atoms with Crippen molar-refractivity contribution in [1.82, 2.24) is 4.57 Å². The summed E-state index contributed by atoms with van der Waals surface area (Å²) in [5.74, 6) is 0. The molecule has 1 rings (SSSR count). The molecule has 1 aliphatic heterocycles. The summed E-state index contributed by atoms with van der Waals surface area (Å²) in [6, 6.07) is 1.07. The van der Waals surface area contributed by atoms with Gasteiger partial charge in [0.25, 0.3) is 0 Å². The quantitative estimate of drug-likeness (QED) is 0.660. The van der Waals surface area contributed by atoms with Gasteiger partial charge in [0.2, 0.25) is 0 Å². The molecule has 90 valence electrons. The molecule has 0 aromatic heterocycles. The summed E-state index contributed by atoms with van der Waals surface area (Å²) in [5, 5.41) is 0.128. The molecule has 0 atom stereocenters. The van der Waals surface area contributed by atoms with E-state index in [0.29, 0.717) is 0 Å². The molecule has 0 radical (unpaired) electrons. The third kappa shape index (κ3) is 2.51. The Bertz CT molecular complexity index is 210. The second kappa shape index (κ2) is 5.07. The molecule has 0 amide bonds. The van der Waals surface area contributed by atoms with Gasteiger partial charge in [-0.3, -0.25) is 4.57 Å². The van der Waals surface area contributed by atoms with Crippen LogP contribution in [0.15, 0.2) is 0 Å². The highest BCUT2D eigenvalue weighted by molar-refractivity contribution is 6.66. The summed E-state index contributed by atoms with van der Waals surface area (Å²) in [7, 11) is 2.69. The standard InChI is InChI=1S/C9H23NO3Si2/c1-9(2,14-11-3)10-7-6-8-15(10,12-4)13-5/h6-8,14H2,1-5H3. The summed E-state index contributed by atoms with van der Waals surface area (Å²) in [4.78, 5) is 0. The molecule has 15 heavy (non-hydrogen) atoms. The maximum absolute atomic E-state index is 5.70. The van der Waals surface area contributed by atoms with E-state index in [1.165, 1.54) is 6.42 Å². The Morgan fingerprint density at radius 1 is 1.20 bits per heavy atom. The lowest BCUT2D eigenvalue weighted by Crippen LogP contribution is -2.63. The Kier molecular flexibility index (Phi) is 4.51. The molecule has 1 aliphatic rings. The minimum absolute atomic E-state index is 0.128. The van der Waals surface area contributed by atoms with Crippen LogP contribution in [0.4, 0.5) is 0 Å². The molecule has 0 aromatic rings. The topological polar surface area (TPSA) is 30.9 Å². The van der Waals surface area contributed by atoms with E-state index in [9.17, 15) is 0 Å². The monoisotopic (exact) mass is 249 g/mol. The molecule has 0 spiro atoms. The van der Waals surface area contributed by atoms with Crippen molar-refractivity contribution >= 4 is 18.5 Å². The first-order valence-electron chi connectivity index (χ1n) is 5.39. The molecule has 0 N–H and O–H groups in total. The van der Waals surface area contributed by atoms with Crippen molar-refractivity contribution in [3.63, 3.8) is 0 Å². The fourth-order valence-corrected chi connectivity index (χ4v) is 7.72. The average molecular weight is 249 g/mol. The molecule has 1 saturated heterocycles. The summed E-state index contributed by atoms with van der Waals surface area (Å²) < 4.78 is 19.3. The zero-order valence-electron chi connectivity index (χ0n) is 10.5. The van der Waals surface area contributed by atoms with Crippen LogP contribution in [-0.4, -0.2) is 56.1 Å². The maximum atomic E-state index is 5.70. The first-order chi connectivity index (χ1) is 7.02. The highest BCUT2D eigenvalue weighted by Crippen LogP contribution is 2.33. The van der Waals surface area contributed by atoms with Gasteiger partial charge in [-0.15, -0.1) is 0 Å². The molecular formula is C9H23NO3Si2. The zero-order chi connectivity index (χ0) is 11.5. The van der Waals surface area contributed by atoms with Crippen LogP contribution in [0.1, 0.15) is 20.3 Å². The van der Waals surface area contributed by atoms with E-state index in [0.717, 1.165) is 12.6 Å². The second-order valence-corrected chi connectivity index (χ2v) is 10.5. The molecule has 0 unspecified atom stereocenters. The summed E-state index contributed by atoms with van der Waals surface area (Å²) in [6.07, 6.45) is 1.18. The minimum atomic E-state index is -2.09. The van der Waals surface area contributed by atoms with Crippen molar-refractivity contribution in [3.05, 3.63) is 0 Å². The Morgan fingerprint density at radius 3 is 2.27 bits per heavy atom. The maximum Gasteiger partial charge on any atom is 0.427 e. The third-order valence-electron chi connectivity index (χ3n) is 3.15. The van der Waals surface area contributed by atoms with Crippen molar-refractivity contribution in [2.75, 3.05) is 27.9 Å². The Hall–Kier alpha value is 0.274. The smallest absolute Gasteiger partial charge is 0.425 e. The van der Waals surface area contributed by atoms with Crippen LogP contribution in [-0.2, 0) is 13.3 Å². The summed E-state index contributed by atoms with van der Waals surface area (Å²) in [5.41, 5.74) is 0. The Morgan fingerprint density at radius 2 is 1.80 bits per heavy atom. The van der Waals surface area contributed by atoms with E-state index in [2.05, 4.69) is 18.4 Å². The largest absolute Gasteiger partial charge is 0.427 e. The molecule has 0 aliphatic carbocycles. The van der Waals surface area contributed by atoms with E-state index < -0.39 is 18.5 Å². The van der Waals surface area contributed by atoms with Crippen LogP contribution in [0.3, 0.4) is 0 Å². The van der Waals surface area contributed by atoms with E-state index in [1.807, 2.05) is 0 Å². The molecule has 1 heterocycles. The molecule has 0 saturated carbocycles. The fraction of sp³-hybridized carbons (Fsp3) is 1.00. The van der Waals surface area contributed by atoms with Gasteiger partial charge in [-0.25, -0.2) is 0 Å². The van der Waals surface area contributed by atoms with Gasteiger partial charge in [0.1, 0.15) is 0 Å². The lowest BCUT2D eigenvalue weighted by molar-refractivity contribution is 0.147.